The molecule has 2 N–H and O–H groups in total. The SMILES string of the molecule is C[C@H](CS[C@@H](CCc1ccccc1C(C)(C)O)c1cccc(C=Cc2ccc3ccc(Cl)cc3n2)c1)C(=O)O. The van der Waals surface area contributed by atoms with E-state index in [0.29, 0.717) is 10.8 Å². The fourth-order valence-corrected chi connectivity index (χ4v) is 6.00. The molecule has 0 radical (unpaired) electrons. The predicted octanol–water partition coefficient (Wildman–Crippen LogP) is 8.41. The normalized spacial score (nSPS) is 13.6. The first-order valence-corrected chi connectivity index (χ1v) is 14.5. The summed E-state index contributed by atoms with van der Waals surface area (Å²) in [7, 11) is 0. The van der Waals surface area contributed by atoms with Crippen molar-refractivity contribution < 1.29 is 15.0 Å². The zero-order valence-corrected chi connectivity index (χ0v) is 24.0. The third-order valence-electron chi connectivity index (χ3n) is 6.73. The molecule has 2 atom stereocenters. The lowest BCUT2D eigenvalue weighted by Crippen LogP contribution is -2.18. The summed E-state index contributed by atoms with van der Waals surface area (Å²) in [6, 6.07) is 26.1. The number of halogens is 1. The molecule has 4 rings (SSSR count). The van der Waals surface area contributed by atoms with Gasteiger partial charge >= 0.3 is 5.97 Å². The average molecular weight is 560 g/mol. The lowest BCUT2D eigenvalue weighted by molar-refractivity contribution is -0.140. The lowest BCUT2D eigenvalue weighted by Gasteiger charge is -2.23. The molecule has 0 fully saturated rings. The van der Waals surface area contributed by atoms with Crippen LogP contribution in [0.1, 0.15) is 60.4 Å². The van der Waals surface area contributed by atoms with Gasteiger partial charge in [-0.3, -0.25) is 4.79 Å². The number of pyridine rings is 1. The summed E-state index contributed by atoms with van der Waals surface area (Å²) in [6.07, 6.45) is 5.65. The van der Waals surface area contributed by atoms with Crippen molar-refractivity contribution in [3.05, 3.63) is 112 Å². The smallest absolute Gasteiger partial charge is 0.307 e. The molecular formula is C33H34ClNO3S. The van der Waals surface area contributed by atoms with Crippen molar-refractivity contribution in [2.24, 2.45) is 5.92 Å². The number of carboxylic acids is 1. The van der Waals surface area contributed by atoms with Crippen molar-refractivity contribution in [2.45, 2.75) is 44.5 Å². The standard InChI is InChI=1S/C33H34ClNO3S/c1-22(32(36)37)21-39-31(18-14-24-8-4-5-10-29(24)33(2,3)38)26-9-6-7-23(19-26)11-16-28-17-13-25-12-15-27(34)20-30(25)35-28/h4-13,15-17,19-20,22,31,38H,14,18,21H2,1-3H3,(H,36,37)/t22-,31+/m1/s1. The van der Waals surface area contributed by atoms with Gasteiger partial charge in [-0.1, -0.05) is 85.3 Å². The second kappa shape index (κ2) is 12.8. The molecule has 0 unspecified atom stereocenters. The van der Waals surface area contributed by atoms with Gasteiger partial charge in [0, 0.05) is 21.4 Å². The fourth-order valence-electron chi connectivity index (χ4n) is 4.54. The van der Waals surface area contributed by atoms with Gasteiger partial charge in [-0.15, -0.1) is 0 Å². The van der Waals surface area contributed by atoms with Gasteiger partial charge in [-0.2, -0.15) is 11.8 Å². The molecule has 6 heteroatoms. The molecule has 4 nitrogen and oxygen atoms in total. The predicted molar refractivity (Wildman–Crippen MR) is 164 cm³/mol. The Hall–Kier alpha value is -3.12. The molecule has 1 aromatic heterocycles. The van der Waals surface area contributed by atoms with E-state index in [1.807, 2.05) is 66.7 Å². The van der Waals surface area contributed by atoms with Crippen LogP contribution in [-0.4, -0.2) is 26.9 Å². The second-order valence-electron chi connectivity index (χ2n) is 10.4. The minimum atomic E-state index is -0.927. The molecular weight excluding hydrogens is 526 g/mol. The number of aryl methyl sites for hydroxylation is 1. The highest BCUT2D eigenvalue weighted by Gasteiger charge is 2.22. The molecule has 202 valence electrons. The highest BCUT2D eigenvalue weighted by Crippen LogP contribution is 2.36. The van der Waals surface area contributed by atoms with E-state index in [-0.39, 0.29) is 5.25 Å². The molecule has 4 aromatic rings. The molecule has 0 aliphatic rings. The van der Waals surface area contributed by atoms with Crippen LogP contribution in [0, 0.1) is 5.92 Å². The van der Waals surface area contributed by atoms with Crippen LogP contribution in [0.2, 0.25) is 5.02 Å². The van der Waals surface area contributed by atoms with Crippen molar-refractivity contribution in [1.82, 2.24) is 4.98 Å². The third-order valence-corrected chi connectivity index (χ3v) is 8.56. The zero-order chi connectivity index (χ0) is 28.0. The first kappa shape index (κ1) is 28.9. The number of aliphatic carboxylic acids is 1. The number of rotatable bonds is 11. The average Bonchev–Trinajstić information content (AvgIpc) is 2.91. The molecule has 0 saturated carbocycles. The molecule has 0 saturated heterocycles. The molecule has 0 amide bonds. The quantitative estimate of drug-likeness (QED) is 0.193. The van der Waals surface area contributed by atoms with Gasteiger partial charge in [-0.05, 0) is 73.2 Å². The van der Waals surface area contributed by atoms with Crippen molar-refractivity contribution in [1.29, 1.82) is 0 Å². The Morgan fingerprint density at radius 2 is 1.79 bits per heavy atom. The van der Waals surface area contributed by atoms with E-state index in [9.17, 15) is 15.0 Å². The van der Waals surface area contributed by atoms with Crippen molar-refractivity contribution >= 4 is 52.4 Å². The Bertz CT molecular complexity index is 1480. The minimum Gasteiger partial charge on any atom is -0.481 e. The summed E-state index contributed by atoms with van der Waals surface area (Å²) in [5.41, 5.74) is 5.01. The Labute approximate surface area is 239 Å². The van der Waals surface area contributed by atoms with Gasteiger partial charge in [0.1, 0.15) is 0 Å². The summed E-state index contributed by atoms with van der Waals surface area (Å²) in [5.74, 6) is -0.692. The molecule has 0 spiro atoms. The van der Waals surface area contributed by atoms with E-state index in [2.05, 4.69) is 24.3 Å². The van der Waals surface area contributed by atoms with Crippen LogP contribution in [0.25, 0.3) is 23.1 Å². The Kier molecular flexibility index (Phi) is 9.49. The summed E-state index contributed by atoms with van der Waals surface area (Å²) < 4.78 is 0. The number of aromatic nitrogens is 1. The first-order chi connectivity index (χ1) is 18.6. The van der Waals surface area contributed by atoms with Gasteiger partial charge < -0.3 is 10.2 Å². The van der Waals surface area contributed by atoms with E-state index in [0.717, 1.165) is 51.7 Å². The number of hydrogen-bond acceptors (Lipinski definition) is 4. The zero-order valence-electron chi connectivity index (χ0n) is 22.5. The van der Waals surface area contributed by atoms with Crippen LogP contribution in [0.3, 0.4) is 0 Å². The Morgan fingerprint density at radius 3 is 2.56 bits per heavy atom. The van der Waals surface area contributed by atoms with Gasteiger partial charge in [0.2, 0.25) is 0 Å². The number of carbonyl (C=O) groups is 1. The summed E-state index contributed by atoms with van der Waals surface area (Å²) >= 11 is 7.82. The molecule has 3 aromatic carbocycles. The molecule has 1 heterocycles. The monoisotopic (exact) mass is 559 g/mol. The Morgan fingerprint density at radius 1 is 1.03 bits per heavy atom. The number of nitrogens with zero attached hydrogens (tertiary/aromatic N) is 1. The Balaban J connectivity index is 1.56. The molecule has 0 aliphatic heterocycles. The van der Waals surface area contributed by atoms with E-state index in [1.165, 1.54) is 0 Å². The minimum absolute atomic E-state index is 0.107. The topological polar surface area (TPSA) is 70.4 Å². The number of carboxylic acid groups (broad SMARTS) is 1. The van der Waals surface area contributed by atoms with Gasteiger partial charge in [-0.25, -0.2) is 4.98 Å². The van der Waals surface area contributed by atoms with E-state index >= 15 is 0 Å². The maximum Gasteiger partial charge on any atom is 0.307 e. The van der Waals surface area contributed by atoms with E-state index in [1.54, 1.807) is 32.5 Å². The van der Waals surface area contributed by atoms with Crippen LogP contribution < -0.4 is 0 Å². The van der Waals surface area contributed by atoms with Crippen LogP contribution >= 0.6 is 23.4 Å². The number of fused-ring (bicyclic) bond motifs is 1. The molecule has 0 aliphatic carbocycles. The number of hydrogen-bond donors (Lipinski definition) is 2. The van der Waals surface area contributed by atoms with E-state index < -0.39 is 17.5 Å². The fraction of sp³-hybridized carbons (Fsp3) is 0.273. The number of thioether (sulfide) groups is 1. The van der Waals surface area contributed by atoms with Gasteiger partial charge in [0.25, 0.3) is 0 Å². The first-order valence-electron chi connectivity index (χ1n) is 13.1. The van der Waals surface area contributed by atoms with Crippen LogP contribution in [-0.2, 0) is 16.8 Å². The van der Waals surface area contributed by atoms with Gasteiger partial charge in [0.15, 0.2) is 0 Å². The maximum absolute atomic E-state index is 11.5. The third kappa shape index (κ3) is 7.95. The van der Waals surface area contributed by atoms with E-state index in [4.69, 9.17) is 16.6 Å². The van der Waals surface area contributed by atoms with Crippen molar-refractivity contribution in [3.8, 4) is 0 Å². The lowest BCUT2D eigenvalue weighted by atomic mass is 9.90. The molecule has 39 heavy (non-hydrogen) atoms. The number of aliphatic hydroxyl groups is 1. The highest BCUT2D eigenvalue weighted by molar-refractivity contribution is 7.99. The second-order valence-corrected chi connectivity index (χ2v) is 12.1. The van der Waals surface area contributed by atoms with Crippen molar-refractivity contribution in [3.63, 3.8) is 0 Å². The maximum atomic E-state index is 11.5. The highest BCUT2D eigenvalue weighted by atomic mass is 35.5. The number of benzene rings is 3. The van der Waals surface area contributed by atoms with Crippen LogP contribution in [0.15, 0.2) is 78.9 Å². The van der Waals surface area contributed by atoms with Crippen molar-refractivity contribution in [2.75, 3.05) is 5.75 Å². The van der Waals surface area contributed by atoms with Crippen LogP contribution in [0.5, 0.6) is 0 Å². The summed E-state index contributed by atoms with van der Waals surface area (Å²) in [4.78, 5) is 16.2. The summed E-state index contributed by atoms with van der Waals surface area (Å²) in [5, 5.41) is 21.9. The van der Waals surface area contributed by atoms with Crippen LogP contribution in [0.4, 0.5) is 0 Å². The largest absolute Gasteiger partial charge is 0.481 e. The van der Waals surface area contributed by atoms with Gasteiger partial charge in [0.05, 0.1) is 22.7 Å². The summed E-state index contributed by atoms with van der Waals surface area (Å²) in [6.45, 7) is 5.36. The molecule has 0 bridgehead atoms.